The highest BCUT2D eigenvalue weighted by molar-refractivity contribution is 7.14. The van der Waals surface area contributed by atoms with E-state index in [1.54, 1.807) is 11.0 Å². The molecular weight excluding hydrogens is 354 g/mol. The fourth-order valence-electron chi connectivity index (χ4n) is 2.48. The van der Waals surface area contributed by atoms with Gasteiger partial charge in [0.2, 0.25) is 5.91 Å². The fourth-order valence-corrected chi connectivity index (χ4v) is 3.79. The lowest BCUT2D eigenvalue weighted by atomic mass is 10.1. The van der Waals surface area contributed by atoms with E-state index in [0.29, 0.717) is 19.5 Å². The van der Waals surface area contributed by atoms with Crippen LogP contribution < -0.4 is 5.73 Å². The van der Waals surface area contributed by atoms with Crippen molar-refractivity contribution in [3.63, 3.8) is 0 Å². The van der Waals surface area contributed by atoms with E-state index in [1.165, 1.54) is 12.3 Å². The minimum atomic E-state index is -0.973. The monoisotopic (exact) mass is 365 g/mol. The lowest BCUT2D eigenvalue weighted by Crippen LogP contribution is -2.36. The standard InChI is InChI=1S/C15H12ClN3O4S/c16-9-3-8(13(17)20)5-18-12(9)14(21)19-2-1-7-4-10(15(22)23)24-11(7)6-19/h3-5H,1-2,6H2,(H2,17,20)(H,22,23). The summed E-state index contributed by atoms with van der Waals surface area (Å²) in [7, 11) is 0. The van der Waals surface area contributed by atoms with E-state index in [1.807, 2.05) is 0 Å². The largest absolute Gasteiger partial charge is 0.477 e. The zero-order valence-electron chi connectivity index (χ0n) is 12.3. The average molecular weight is 366 g/mol. The van der Waals surface area contributed by atoms with Gasteiger partial charge >= 0.3 is 5.97 Å². The van der Waals surface area contributed by atoms with Gasteiger partial charge in [-0.05, 0) is 24.1 Å². The number of pyridine rings is 1. The summed E-state index contributed by atoms with van der Waals surface area (Å²) >= 11 is 7.20. The van der Waals surface area contributed by atoms with Crippen LogP contribution in [0.3, 0.4) is 0 Å². The molecule has 0 saturated heterocycles. The van der Waals surface area contributed by atoms with Crippen LogP contribution in [0.5, 0.6) is 0 Å². The maximum Gasteiger partial charge on any atom is 0.345 e. The molecule has 0 spiro atoms. The van der Waals surface area contributed by atoms with Crippen molar-refractivity contribution in [2.75, 3.05) is 6.54 Å². The van der Waals surface area contributed by atoms with Crippen molar-refractivity contribution in [2.24, 2.45) is 5.73 Å². The van der Waals surface area contributed by atoms with Crippen molar-refractivity contribution in [1.82, 2.24) is 9.88 Å². The summed E-state index contributed by atoms with van der Waals surface area (Å²) in [5.74, 6) is -2.02. The minimum Gasteiger partial charge on any atom is -0.477 e. The Labute approximate surface area is 145 Å². The molecule has 0 radical (unpaired) electrons. The van der Waals surface area contributed by atoms with Crippen LogP contribution >= 0.6 is 22.9 Å². The molecule has 0 aliphatic carbocycles. The summed E-state index contributed by atoms with van der Waals surface area (Å²) < 4.78 is 0. The lowest BCUT2D eigenvalue weighted by molar-refractivity contribution is 0.0699. The number of carboxylic acids is 1. The number of nitrogens with zero attached hydrogens (tertiary/aromatic N) is 2. The van der Waals surface area contributed by atoms with Crippen LogP contribution in [-0.4, -0.2) is 39.3 Å². The number of hydrogen-bond acceptors (Lipinski definition) is 5. The quantitative estimate of drug-likeness (QED) is 0.860. The van der Waals surface area contributed by atoms with Crippen LogP contribution in [0.25, 0.3) is 0 Å². The van der Waals surface area contributed by atoms with Crippen LogP contribution in [0.4, 0.5) is 0 Å². The molecule has 1 aliphatic rings. The van der Waals surface area contributed by atoms with Crippen molar-refractivity contribution >= 4 is 40.7 Å². The molecule has 0 saturated carbocycles. The zero-order chi connectivity index (χ0) is 17.4. The Morgan fingerprint density at radius 1 is 1.33 bits per heavy atom. The lowest BCUT2D eigenvalue weighted by Gasteiger charge is -2.26. The molecule has 124 valence electrons. The van der Waals surface area contributed by atoms with Gasteiger partial charge in [-0.25, -0.2) is 9.78 Å². The molecular formula is C15H12ClN3O4S. The summed E-state index contributed by atoms with van der Waals surface area (Å²) in [6, 6.07) is 2.96. The van der Waals surface area contributed by atoms with E-state index < -0.39 is 11.9 Å². The van der Waals surface area contributed by atoms with Crippen molar-refractivity contribution in [2.45, 2.75) is 13.0 Å². The van der Waals surface area contributed by atoms with Crippen LogP contribution in [0.15, 0.2) is 18.3 Å². The van der Waals surface area contributed by atoms with Gasteiger partial charge in [0.05, 0.1) is 17.1 Å². The highest BCUT2D eigenvalue weighted by Crippen LogP contribution is 2.29. The number of rotatable bonds is 3. The predicted octanol–water partition coefficient (Wildman–Crippen LogP) is 1.79. The third kappa shape index (κ3) is 2.98. The maximum atomic E-state index is 12.6. The van der Waals surface area contributed by atoms with Gasteiger partial charge in [0.25, 0.3) is 5.91 Å². The second-order valence-electron chi connectivity index (χ2n) is 5.26. The number of fused-ring (bicyclic) bond motifs is 1. The van der Waals surface area contributed by atoms with Gasteiger partial charge in [-0.15, -0.1) is 11.3 Å². The second-order valence-corrected chi connectivity index (χ2v) is 6.80. The summed E-state index contributed by atoms with van der Waals surface area (Å²) in [5.41, 5.74) is 6.27. The summed E-state index contributed by atoms with van der Waals surface area (Å²) in [5, 5.41) is 9.11. The Kier molecular flexibility index (Phi) is 4.25. The summed E-state index contributed by atoms with van der Waals surface area (Å²) in [4.78, 5) is 41.4. The van der Waals surface area contributed by atoms with Crippen LogP contribution in [0.1, 0.15) is 41.0 Å². The number of carbonyl (C=O) groups is 3. The first-order valence-corrected chi connectivity index (χ1v) is 8.15. The summed E-state index contributed by atoms with van der Waals surface area (Å²) in [6.07, 6.45) is 1.78. The number of halogens is 1. The van der Waals surface area contributed by atoms with E-state index in [0.717, 1.165) is 21.8 Å². The normalized spacial score (nSPS) is 13.5. The van der Waals surface area contributed by atoms with Crippen LogP contribution in [0, 0.1) is 0 Å². The molecule has 3 N–H and O–H groups in total. The number of thiophene rings is 1. The number of amides is 2. The van der Waals surface area contributed by atoms with Crippen LogP contribution in [-0.2, 0) is 13.0 Å². The Hall–Kier alpha value is -2.45. The molecule has 2 aromatic heterocycles. The Balaban J connectivity index is 1.83. The highest BCUT2D eigenvalue weighted by atomic mass is 35.5. The van der Waals surface area contributed by atoms with Crippen molar-refractivity contribution in [3.8, 4) is 0 Å². The molecule has 0 atom stereocenters. The topological polar surface area (TPSA) is 114 Å². The molecule has 0 aromatic carbocycles. The van der Waals surface area contributed by atoms with E-state index in [9.17, 15) is 14.4 Å². The third-order valence-corrected chi connectivity index (χ3v) is 5.15. The SMILES string of the molecule is NC(=O)c1cnc(C(=O)N2CCc3cc(C(=O)O)sc3C2)c(Cl)c1. The molecule has 1 aliphatic heterocycles. The molecule has 2 aromatic rings. The van der Waals surface area contributed by atoms with E-state index >= 15 is 0 Å². The molecule has 9 heteroatoms. The Bertz CT molecular complexity index is 864. The smallest absolute Gasteiger partial charge is 0.345 e. The fraction of sp³-hybridized carbons (Fsp3) is 0.200. The molecule has 3 heterocycles. The Morgan fingerprint density at radius 2 is 2.08 bits per heavy atom. The van der Waals surface area contributed by atoms with Gasteiger partial charge in [0, 0.05) is 17.6 Å². The van der Waals surface area contributed by atoms with Gasteiger partial charge in [-0.2, -0.15) is 0 Å². The average Bonchev–Trinajstić information content (AvgIpc) is 2.97. The first-order chi connectivity index (χ1) is 11.4. The van der Waals surface area contributed by atoms with Gasteiger partial charge in [-0.1, -0.05) is 11.6 Å². The first-order valence-electron chi connectivity index (χ1n) is 6.96. The van der Waals surface area contributed by atoms with Gasteiger partial charge in [0.15, 0.2) is 0 Å². The molecule has 0 bridgehead atoms. The first kappa shape index (κ1) is 16.4. The van der Waals surface area contributed by atoms with Gasteiger partial charge < -0.3 is 15.7 Å². The molecule has 7 nitrogen and oxygen atoms in total. The molecule has 0 unspecified atom stereocenters. The van der Waals surface area contributed by atoms with Crippen molar-refractivity contribution in [1.29, 1.82) is 0 Å². The highest BCUT2D eigenvalue weighted by Gasteiger charge is 2.27. The number of primary amides is 1. The molecule has 0 fully saturated rings. The van der Waals surface area contributed by atoms with Crippen molar-refractivity contribution < 1.29 is 19.5 Å². The van der Waals surface area contributed by atoms with Crippen LogP contribution in [0.2, 0.25) is 5.02 Å². The van der Waals surface area contributed by atoms with E-state index in [4.69, 9.17) is 22.4 Å². The second kappa shape index (κ2) is 6.21. The zero-order valence-corrected chi connectivity index (χ0v) is 13.9. The summed E-state index contributed by atoms with van der Waals surface area (Å²) in [6.45, 7) is 0.749. The number of aromatic nitrogens is 1. The van der Waals surface area contributed by atoms with Crippen molar-refractivity contribution in [3.05, 3.63) is 49.9 Å². The maximum absolute atomic E-state index is 12.6. The van der Waals surface area contributed by atoms with E-state index in [2.05, 4.69) is 4.98 Å². The molecule has 3 rings (SSSR count). The van der Waals surface area contributed by atoms with Gasteiger partial charge in [0.1, 0.15) is 10.6 Å². The number of carbonyl (C=O) groups excluding carboxylic acids is 2. The molecule has 2 amide bonds. The predicted molar refractivity (Wildman–Crippen MR) is 87.5 cm³/mol. The van der Waals surface area contributed by atoms with E-state index in [-0.39, 0.29) is 27.1 Å². The number of aromatic carboxylic acids is 1. The number of nitrogens with two attached hydrogens (primary N) is 1. The third-order valence-electron chi connectivity index (χ3n) is 3.71. The number of hydrogen-bond donors (Lipinski definition) is 2. The Morgan fingerprint density at radius 3 is 2.71 bits per heavy atom. The van der Waals surface area contributed by atoms with Gasteiger partial charge in [-0.3, -0.25) is 9.59 Å². The molecule has 24 heavy (non-hydrogen) atoms. The minimum absolute atomic E-state index is 0.0418. The number of carboxylic acid groups (broad SMARTS) is 1.